The average molecular weight is 379 g/mol. The molecule has 1 saturated heterocycles. The highest BCUT2D eigenvalue weighted by molar-refractivity contribution is 5.81. The van der Waals surface area contributed by atoms with Crippen molar-refractivity contribution >= 4 is 16.9 Å². The normalized spacial score (nSPS) is 16.6. The first-order valence-corrected chi connectivity index (χ1v) is 9.62. The number of nitrogens with zero attached hydrogens (tertiary/aromatic N) is 4. The van der Waals surface area contributed by atoms with Crippen LogP contribution in [0.25, 0.3) is 11.0 Å². The lowest BCUT2D eigenvalue weighted by molar-refractivity contribution is -0.129. The molecule has 146 valence electrons. The molecule has 3 aromatic rings. The number of methoxy groups -OCH3 is 1. The standard InChI is InChI=1S/C21H25N5O2/c1-28-17-6-4-15(5-7-17)13-19(27)25-11-8-16(14-25)20-18-3-2-10-23-21(18)26(24-20)12-9-22/h2-7,10,16H,8-9,11-14,22H2,1H3. The molecule has 7 heteroatoms. The molecular formula is C21H25N5O2. The van der Waals surface area contributed by atoms with Crippen LogP contribution in [0.1, 0.15) is 23.6 Å². The number of aromatic nitrogens is 3. The van der Waals surface area contributed by atoms with Gasteiger partial charge in [0.25, 0.3) is 0 Å². The van der Waals surface area contributed by atoms with E-state index in [1.54, 1.807) is 13.3 Å². The third kappa shape index (κ3) is 3.57. The summed E-state index contributed by atoms with van der Waals surface area (Å²) in [7, 11) is 1.64. The molecule has 0 radical (unpaired) electrons. The summed E-state index contributed by atoms with van der Waals surface area (Å²) >= 11 is 0. The number of carbonyl (C=O) groups excluding carboxylic acids is 1. The Morgan fingerprint density at radius 1 is 1.29 bits per heavy atom. The summed E-state index contributed by atoms with van der Waals surface area (Å²) in [5.41, 5.74) is 8.61. The van der Waals surface area contributed by atoms with Crippen LogP contribution in [0.2, 0.25) is 0 Å². The molecule has 0 aliphatic carbocycles. The molecule has 1 aliphatic rings. The quantitative estimate of drug-likeness (QED) is 0.707. The van der Waals surface area contributed by atoms with Crippen molar-refractivity contribution in [3.8, 4) is 5.75 Å². The second-order valence-corrected chi connectivity index (χ2v) is 7.12. The monoisotopic (exact) mass is 379 g/mol. The molecule has 1 unspecified atom stereocenters. The molecule has 2 N–H and O–H groups in total. The van der Waals surface area contributed by atoms with Crippen LogP contribution in [0.5, 0.6) is 5.75 Å². The summed E-state index contributed by atoms with van der Waals surface area (Å²) in [6.07, 6.45) is 3.10. The highest BCUT2D eigenvalue weighted by atomic mass is 16.5. The molecule has 2 aromatic heterocycles. The summed E-state index contributed by atoms with van der Waals surface area (Å²) < 4.78 is 7.06. The van der Waals surface area contributed by atoms with Crippen LogP contribution in [-0.4, -0.2) is 52.3 Å². The topological polar surface area (TPSA) is 86.3 Å². The van der Waals surface area contributed by atoms with Crippen molar-refractivity contribution in [1.82, 2.24) is 19.7 Å². The van der Waals surface area contributed by atoms with Crippen LogP contribution < -0.4 is 10.5 Å². The summed E-state index contributed by atoms with van der Waals surface area (Å²) in [4.78, 5) is 19.2. The van der Waals surface area contributed by atoms with Gasteiger partial charge in [-0.3, -0.25) is 4.79 Å². The Morgan fingerprint density at radius 3 is 2.86 bits per heavy atom. The van der Waals surface area contributed by atoms with Crippen molar-refractivity contribution in [2.75, 3.05) is 26.7 Å². The van der Waals surface area contributed by atoms with E-state index in [0.717, 1.165) is 41.0 Å². The Hall–Kier alpha value is -2.93. The van der Waals surface area contributed by atoms with Gasteiger partial charge >= 0.3 is 0 Å². The second kappa shape index (κ2) is 7.98. The number of carbonyl (C=O) groups is 1. The fourth-order valence-electron chi connectivity index (χ4n) is 3.85. The van der Waals surface area contributed by atoms with E-state index in [2.05, 4.69) is 11.1 Å². The smallest absolute Gasteiger partial charge is 0.227 e. The lowest BCUT2D eigenvalue weighted by atomic mass is 10.0. The van der Waals surface area contributed by atoms with Gasteiger partial charge < -0.3 is 15.4 Å². The van der Waals surface area contributed by atoms with Gasteiger partial charge in [0, 0.05) is 37.1 Å². The highest BCUT2D eigenvalue weighted by Gasteiger charge is 2.30. The van der Waals surface area contributed by atoms with Gasteiger partial charge in [0.2, 0.25) is 5.91 Å². The number of rotatable bonds is 6. The van der Waals surface area contributed by atoms with Gasteiger partial charge in [-0.15, -0.1) is 0 Å². The first kappa shape index (κ1) is 18.4. The Labute approximate surface area is 164 Å². The molecule has 1 aromatic carbocycles. The van der Waals surface area contributed by atoms with Crippen molar-refractivity contribution in [1.29, 1.82) is 0 Å². The number of likely N-dealkylation sites (tertiary alicyclic amines) is 1. The number of amides is 1. The van der Waals surface area contributed by atoms with E-state index in [9.17, 15) is 4.79 Å². The number of hydrogen-bond acceptors (Lipinski definition) is 5. The van der Waals surface area contributed by atoms with Gasteiger partial charge in [0.1, 0.15) is 5.75 Å². The van der Waals surface area contributed by atoms with Crippen molar-refractivity contribution in [3.05, 3.63) is 53.9 Å². The van der Waals surface area contributed by atoms with Crippen molar-refractivity contribution in [2.45, 2.75) is 25.3 Å². The first-order chi connectivity index (χ1) is 13.7. The lowest BCUT2D eigenvalue weighted by Crippen LogP contribution is -2.29. The fourth-order valence-corrected chi connectivity index (χ4v) is 3.85. The van der Waals surface area contributed by atoms with Crippen LogP contribution in [-0.2, 0) is 17.8 Å². The SMILES string of the molecule is COc1ccc(CC(=O)N2CCC(c3nn(CCN)c4ncccc34)C2)cc1. The van der Waals surface area contributed by atoms with E-state index >= 15 is 0 Å². The third-order valence-electron chi connectivity index (χ3n) is 5.32. The summed E-state index contributed by atoms with van der Waals surface area (Å²) in [6, 6.07) is 11.6. The van der Waals surface area contributed by atoms with Gasteiger partial charge in [0.15, 0.2) is 5.65 Å². The molecule has 3 heterocycles. The molecule has 0 spiro atoms. The molecular weight excluding hydrogens is 354 g/mol. The number of hydrogen-bond donors (Lipinski definition) is 1. The molecule has 0 saturated carbocycles. The van der Waals surface area contributed by atoms with E-state index in [-0.39, 0.29) is 11.8 Å². The zero-order valence-electron chi connectivity index (χ0n) is 16.0. The van der Waals surface area contributed by atoms with E-state index in [4.69, 9.17) is 15.6 Å². The zero-order valence-corrected chi connectivity index (χ0v) is 16.0. The zero-order chi connectivity index (χ0) is 19.5. The first-order valence-electron chi connectivity index (χ1n) is 9.62. The predicted octanol–water partition coefficient (Wildman–Crippen LogP) is 1.96. The van der Waals surface area contributed by atoms with Crippen LogP contribution in [0.3, 0.4) is 0 Å². The van der Waals surface area contributed by atoms with E-state index in [0.29, 0.717) is 26.1 Å². The third-order valence-corrected chi connectivity index (χ3v) is 5.32. The van der Waals surface area contributed by atoms with E-state index in [1.807, 2.05) is 39.9 Å². The molecule has 1 atom stereocenters. The number of pyridine rings is 1. The van der Waals surface area contributed by atoms with Crippen LogP contribution >= 0.6 is 0 Å². The van der Waals surface area contributed by atoms with Crippen LogP contribution in [0.15, 0.2) is 42.6 Å². The minimum atomic E-state index is 0.150. The fraction of sp³-hybridized carbons (Fsp3) is 0.381. The predicted molar refractivity (Wildman–Crippen MR) is 107 cm³/mol. The highest BCUT2D eigenvalue weighted by Crippen LogP contribution is 2.31. The molecule has 28 heavy (non-hydrogen) atoms. The van der Waals surface area contributed by atoms with Crippen molar-refractivity contribution < 1.29 is 9.53 Å². The van der Waals surface area contributed by atoms with E-state index < -0.39 is 0 Å². The lowest BCUT2D eigenvalue weighted by Gasteiger charge is -2.16. The summed E-state index contributed by atoms with van der Waals surface area (Å²) in [6.45, 7) is 2.61. The molecule has 7 nitrogen and oxygen atoms in total. The Balaban J connectivity index is 1.48. The van der Waals surface area contributed by atoms with Crippen molar-refractivity contribution in [3.63, 3.8) is 0 Å². The molecule has 4 rings (SSSR count). The number of fused-ring (bicyclic) bond motifs is 1. The molecule has 1 aliphatic heterocycles. The molecule has 1 fully saturated rings. The Morgan fingerprint density at radius 2 is 2.11 bits per heavy atom. The Kier molecular flexibility index (Phi) is 5.25. The number of nitrogens with two attached hydrogens (primary N) is 1. The van der Waals surface area contributed by atoms with Crippen LogP contribution in [0, 0.1) is 0 Å². The molecule has 0 bridgehead atoms. The Bertz CT molecular complexity index is 967. The van der Waals surface area contributed by atoms with Gasteiger partial charge in [-0.1, -0.05) is 12.1 Å². The maximum absolute atomic E-state index is 12.8. The average Bonchev–Trinajstić information content (AvgIpc) is 3.34. The van der Waals surface area contributed by atoms with Crippen LogP contribution in [0.4, 0.5) is 0 Å². The van der Waals surface area contributed by atoms with Gasteiger partial charge in [-0.2, -0.15) is 5.10 Å². The minimum Gasteiger partial charge on any atom is -0.497 e. The van der Waals surface area contributed by atoms with Gasteiger partial charge in [-0.05, 0) is 36.2 Å². The summed E-state index contributed by atoms with van der Waals surface area (Å²) in [5.74, 6) is 1.17. The number of ether oxygens (including phenoxy) is 1. The largest absolute Gasteiger partial charge is 0.497 e. The van der Waals surface area contributed by atoms with E-state index in [1.165, 1.54) is 0 Å². The molecule has 1 amide bonds. The summed E-state index contributed by atoms with van der Waals surface area (Å²) in [5, 5.41) is 5.84. The van der Waals surface area contributed by atoms with Crippen molar-refractivity contribution in [2.24, 2.45) is 5.73 Å². The minimum absolute atomic E-state index is 0.150. The maximum Gasteiger partial charge on any atom is 0.227 e. The maximum atomic E-state index is 12.8. The second-order valence-electron chi connectivity index (χ2n) is 7.12. The van der Waals surface area contributed by atoms with Gasteiger partial charge in [-0.25, -0.2) is 9.67 Å². The van der Waals surface area contributed by atoms with Gasteiger partial charge in [0.05, 0.1) is 25.8 Å². The number of benzene rings is 1.